The minimum absolute atomic E-state index is 0.197. The molecule has 2 saturated heterocycles. The maximum absolute atomic E-state index is 13.4. The summed E-state index contributed by atoms with van der Waals surface area (Å²) in [6.07, 6.45) is 1.73. The quantitative estimate of drug-likeness (QED) is 0.757. The number of morpholine rings is 1. The second kappa shape index (κ2) is 9.04. The average molecular weight is 436 g/mol. The smallest absolute Gasteiger partial charge is 0.257 e. The monoisotopic (exact) mass is 435 g/mol. The van der Waals surface area contributed by atoms with E-state index >= 15 is 0 Å². The number of hydrogen-bond donors (Lipinski definition) is 1. The van der Waals surface area contributed by atoms with E-state index in [0.29, 0.717) is 6.54 Å². The number of piperidine rings is 1. The molecule has 2 aliphatic heterocycles. The van der Waals surface area contributed by atoms with Crippen molar-refractivity contribution in [1.82, 2.24) is 4.90 Å². The molecule has 1 unspecified atom stereocenters. The molecule has 2 N–H and O–H groups in total. The molecule has 1 atom stereocenters. The van der Waals surface area contributed by atoms with E-state index in [0.717, 1.165) is 44.6 Å². The fourth-order valence-corrected chi connectivity index (χ4v) is 4.65. The van der Waals surface area contributed by atoms with E-state index in [1.165, 1.54) is 5.56 Å². The van der Waals surface area contributed by atoms with Gasteiger partial charge in [-0.15, -0.1) is 0 Å². The van der Waals surface area contributed by atoms with E-state index in [1.54, 1.807) is 18.7 Å². The van der Waals surface area contributed by atoms with E-state index in [4.69, 9.17) is 10.5 Å². The molecule has 170 valence electrons. The first kappa shape index (κ1) is 22.5. The summed E-state index contributed by atoms with van der Waals surface area (Å²) in [5.74, 6) is -0.724. The Morgan fingerprint density at radius 3 is 2.25 bits per heavy atom. The van der Waals surface area contributed by atoms with Crippen molar-refractivity contribution in [1.29, 1.82) is 0 Å². The largest absolute Gasteiger partial charge is 0.369 e. The first-order valence-corrected chi connectivity index (χ1v) is 11.4. The molecule has 6 nitrogen and oxygen atoms in total. The lowest BCUT2D eigenvalue weighted by Gasteiger charge is -2.51. The van der Waals surface area contributed by atoms with Crippen LogP contribution in [0, 0.1) is 5.41 Å². The van der Waals surface area contributed by atoms with Crippen molar-refractivity contribution < 1.29 is 14.3 Å². The molecule has 0 radical (unpaired) electrons. The van der Waals surface area contributed by atoms with Crippen LogP contribution in [0.25, 0.3) is 0 Å². The normalized spacial score (nSPS) is 21.6. The molecule has 2 aromatic carbocycles. The molecule has 2 aliphatic rings. The minimum atomic E-state index is -1.10. The molecule has 2 aromatic rings. The van der Waals surface area contributed by atoms with Gasteiger partial charge in [0.25, 0.3) is 5.91 Å². The number of nitrogens with zero attached hydrogens (tertiary/aromatic N) is 2. The highest BCUT2D eigenvalue weighted by Crippen LogP contribution is 2.40. The van der Waals surface area contributed by atoms with Gasteiger partial charge in [-0.2, -0.15) is 0 Å². The van der Waals surface area contributed by atoms with Gasteiger partial charge >= 0.3 is 0 Å². The highest BCUT2D eigenvalue weighted by molar-refractivity contribution is 6.01. The van der Waals surface area contributed by atoms with Crippen LogP contribution in [0.15, 0.2) is 60.7 Å². The van der Waals surface area contributed by atoms with Gasteiger partial charge in [0, 0.05) is 25.3 Å². The van der Waals surface area contributed by atoms with Crippen LogP contribution >= 0.6 is 0 Å². The predicted molar refractivity (Wildman–Crippen MR) is 125 cm³/mol. The maximum atomic E-state index is 13.4. The number of hydrogen-bond acceptors (Lipinski definition) is 4. The topological polar surface area (TPSA) is 75.9 Å². The van der Waals surface area contributed by atoms with Gasteiger partial charge in [0.15, 0.2) is 6.10 Å². The summed E-state index contributed by atoms with van der Waals surface area (Å²) in [6, 6.07) is 20.2. The summed E-state index contributed by atoms with van der Waals surface area (Å²) < 4.78 is 6.50. The highest BCUT2D eigenvalue weighted by atomic mass is 16.5. The number of rotatable bonds is 6. The number of anilines is 1. The lowest BCUT2D eigenvalue weighted by molar-refractivity contribution is -0.185. The molecule has 4 rings (SSSR count). The molecule has 1 spiro atoms. The van der Waals surface area contributed by atoms with Crippen LogP contribution in [0.3, 0.4) is 0 Å². The van der Waals surface area contributed by atoms with Gasteiger partial charge in [-0.3, -0.25) is 9.59 Å². The van der Waals surface area contributed by atoms with E-state index in [-0.39, 0.29) is 5.91 Å². The second-order valence-electron chi connectivity index (χ2n) is 9.60. The van der Waals surface area contributed by atoms with Crippen LogP contribution in [-0.4, -0.2) is 54.6 Å². The number of amides is 2. The molecular formula is C26H33N3O3. The standard InChI is InChI=1S/C26H33N3O3/c1-25(2,24(27)31)22-23(30)29(21-11-7-4-8-12-21)19-26(32-22)14-17-28(18-15-26)16-13-20-9-5-3-6-10-20/h3-12,22H,13-19H2,1-2H3,(H2,27,31). The van der Waals surface area contributed by atoms with Crippen molar-refractivity contribution >= 4 is 17.5 Å². The Hall–Kier alpha value is -2.70. The Balaban J connectivity index is 1.51. The van der Waals surface area contributed by atoms with Crippen molar-refractivity contribution in [3.8, 4) is 0 Å². The fourth-order valence-electron chi connectivity index (χ4n) is 4.65. The SMILES string of the molecule is CC(C)(C(N)=O)C1OC2(CCN(CCc3ccccc3)CC2)CN(c2ccccc2)C1=O. The number of primary amides is 1. The lowest BCUT2D eigenvalue weighted by Crippen LogP contribution is -2.66. The second-order valence-corrected chi connectivity index (χ2v) is 9.60. The number of likely N-dealkylation sites (tertiary alicyclic amines) is 1. The predicted octanol–water partition coefficient (Wildman–Crippen LogP) is 3.01. The molecule has 0 saturated carbocycles. The van der Waals surface area contributed by atoms with Crippen molar-refractivity contribution in [2.24, 2.45) is 11.1 Å². The summed E-state index contributed by atoms with van der Waals surface area (Å²) in [5.41, 5.74) is 6.28. The summed E-state index contributed by atoms with van der Waals surface area (Å²) in [5, 5.41) is 0. The zero-order valence-electron chi connectivity index (χ0n) is 19.0. The Bertz CT molecular complexity index is 937. The zero-order valence-corrected chi connectivity index (χ0v) is 19.0. The van der Waals surface area contributed by atoms with Crippen LogP contribution in [0.1, 0.15) is 32.3 Å². The van der Waals surface area contributed by atoms with Crippen LogP contribution < -0.4 is 10.6 Å². The van der Waals surface area contributed by atoms with Gasteiger partial charge in [-0.05, 0) is 50.8 Å². The molecular weight excluding hydrogens is 402 g/mol. The lowest BCUT2D eigenvalue weighted by atomic mass is 9.80. The van der Waals surface area contributed by atoms with Crippen molar-refractivity contribution in [3.63, 3.8) is 0 Å². The number of para-hydroxylation sites is 1. The zero-order chi connectivity index (χ0) is 22.8. The van der Waals surface area contributed by atoms with Crippen LogP contribution in [0.2, 0.25) is 0 Å². The molecule has 0 bridgehead atoms. The third-order valence-corrected chi connectivity index (χ3v) is 6.99. The summed E-state index contributed by atoms with van der Waals surface area (Å²) in [4.78, 5) is 29.9. The van der Waals surface area contributed by atoms with Gasteiger partial charge in [0.1, 0.15) is 0 Å². The first-order valence-electron chi connectivity index (χ1n) is 11.4. The summed E-state index contributed by atoms with van der Waals surface area (Å²) in [6.45, 7) is 6.69. The Morgan fingerprint density at radius 2 is 1.66 bits per heavy atom. The number of benzene rings is 2. The molecule has 2 fully saturated rings. The Kier molecular flexibility index (Phi) is 6.35. The third kappa shape index (κ3) is 4.57. The number of nitrogens with two attached hydrogens (primary N) is 1. The Labute approximate surface area is 190 Å². The van der Waals surface area contributed by atoms with E-state index in [9.17, 15) is 9.59 Å². The molecule has 2 heterocycles. The highest BCUT2D eigenvalue weighted by Gasteiger charge is 2.53. The van der Waals surface area contributed by atoms with Gasteiger partial charge in [-0.25, -0.2) is 0 Å². The minimum Gasteiger partial charge on any atom is -0.369 e. The third-order valence-electron chi connectivity index (χ3n) is 6.99. The van der Waals surface area contributed by atoms with Gasteiger partial charge in [-0.1, -0.05) is 48.5 Å². The molecule has 32 heavy (non-hydrogen) atoms. The van der Waals surface area contributed by atoms with Crippen LogP contribution in [-0.2, 0) is 20.7 Å². The molecule has 0 aliphatic carbocycles. The average Bonchev–Trinajstić information content (AvgIpc) is 2.81. The summed E-state index contributed by atoms with van der Waals surface area (Å²) >= 11 is 0. The Morgan fingerprint density at radius 1 is 1.06 bits per heavy atom. The van der Waals surface area contributed by atoms with E-state index < -0.39 is 23.0 Å². The van der Waals surface area contributed by atoms with Crippen molar-refractivity contribution in [2.45, 2.75) is 44.8 Å². The summed E-state index contributed by atoms with van der Waals surface area (Å²) in [7, 11) is 0. The van der Waals surface area contributed by atoms with Gasteiger partial charge in [0.2, 0.25) is 5.91 Å². The van der Waals surface area contributed by atoms with Crippen molar-refractivity contribution in [2.75, 3.05) is 31.1 Å². The molecule has 6 heteroatoms. The van der Waals surface area contributed by atoms with Gasteiger partial charge in [0.05, 0.1) is 17.6 Å². The number of carbonyl (C=O) groups is 2. The van der Waals surface area contributed by atoms with Crippen LogP contribution in [0.4, 0.5) is 5.69 Å². The maximum Gasteiger partial charge on any atom is 0.257 e. The molecule has 0 aromatic heterocycles. The van der Waals surface area contributed by atoms with Crippen LogP contribution in [0.5, 0.6) is 0 Å². The van der Waals surface area contributed by atoms with E-state index in [2.05, 4.69) is 29.2 Å². The van der Waals surface area contributed by atoms with Gasteiger partial charge < -0.3 is 20.3 Å². The fraction of sp³-hybridized carbons (Fsp3) is 0.462. The number of carbonyl (C=O) groups excluding carboxylic acids is 2. The number of ether oxygens (including phenoxy) is 1. The van der Waals surface area contributed by atoms with Crippen molar-refractivity contribution in [3.05, 3.63) is 66.2 Å². The molecule has 2 amide bonds. The van der Waals surface area contributed by atoms with E-state index in [1.807, 2.05) is 36.4 Å². The first-order chi connectivity index (χ1) is 15.3.